The number of anilines is 1. The lowest BCUT2D eigenvalue weighted by Gasteiger charge is -2.08. The number of benzene rings is 3. The standard InChI is InChI=1S/C23H17Cl2N3OS/c24-17-12-7-13-18(25)22(17)26-19(29)14-30-23-27-20(15-8-3-1-4-9-15)21(28-23)16-10-5-2-6-11-16/h1-13H,14H2,(H,26,29)(H,27,28). The molecule has 30 heavy (non-hydrogen) atoms. The van der Waals surface area contributed by atoms with E-state index < -0.39 is 0 Å². The van der Waals surface area contributed by atoms with E-state index in [-0.39, 0.29) is 11.7 Å². The van der Waals surface area contributed by atoms with Gasteiger partial charge < -0.3 is 10.3 Å². The number of nitrogens with zero attached hydrogens (tertiary/aromatic N) is 1. The number of hydrogen-bond donors (Lipinski definition) is 2. The molecular formula is C23H17Cl2N3OS. The molecule has 0 aliphatic heterocycles. The molecule has 0 fully saturated rings. The number of amides is 1. The Balaban J connectivity index is 1.55. The molecule has 1 heterocycles. The Kier molecular flexibility index (Phi) is 6.43. The number of aromatic amines is 1. The summed E-state index contributed by atoms with van der Waals surface area (Å²) in [6.07, 6.45) is 0. The van der Waals surface area contributed by atoms with Gasteiger partial charge in [-0.1, -0.05) is 102 Å². The van der Waals surface area contributed by atoms with Gasteiger partial charge in [0.05, 0.1) is 32.9 Å². The summed E-state index contributed by atoms with van der Waals surface area (Å²) in [4.78, 5) is 20.5. The maximum Gasteiger partial charge on any atom is 0.234 e. The number of para-hydroxylation sites is 1. The van der Waals surface area contributed by atoms with Crippen molar-refractivity contribution in [3.8, 4) is 22.5 Å². The summed E-state index contributed by atoms with van der Waals surface area (Å²) in [5.41, 5.74) is 4.22. The van der Waals surface area contributed by atoms with Crippen LogP contribution >= 0.6 is 35.0 Å². The first-order chi connectivity index (χ1) is 14.6. The van der Waals surface area contributed by atoms with Gasteiger partial charge in [-0.2, -0.15) is 0 Å². The molecule has 4 rings (SSSR count). The number of thioether (sulfide) groups is 1. The van der Waals surface area contributed by atoms with Crippen molar-refractivity contribution >= 4 is 46.6 Å². The van der Waals surface area contributed by atoms with Crippen LogP contribution in [0.3, 0.4) is 0 Å². The van der Waals surface area contributed by atoms with E-state index in [2.05, 4.69) is 10.3 Å². The van der Waals surface area contributed by atoms with Crippen molar-refractivity contribution in [1.29, 1.82) is 0 Å². The smallest absolute Gasteiger partial charge is 0.234 e. The fourth-order valence-electron chi connectivity index (χ4n) is 2.97. The third-order valence-electron chi connectivity index (χ3n) is 4.36. The van der Waals surface area contributed by atoms with Crippen LogP contribution in [0.5, 0.6) is 0 Å². The molecule has 0 atom stereocenters. The van der Waals surface area contributed by atoms with Crippen molar-refractivity contribution in [2.24, 2.45) is 0 Å². The Bertz CT molecular complexity index is 1090. The second-order valence-electron chi connectivity index (χ2n) is 6.43. The number of halogens is 2. The normalized spacial score (nSPS) is 10.7. The van der Waals surface area contributed by atoms with Crippen molar-refractivity contribution in [2.45, 2.75) is 5.16 Å². The van der Waals surface area contributed by atoms with E-state index >= 15 is 0 Å². The summed E-state index contributed by atoms with van der Waals surface area (Å²) >= 11 is 13.6. The number of hydrogen-bond acceptors (Lipinski definition) is 3. The third-order valence-corrected chi connectivity index (χ3v) is 5.86. The number of rotatable bonds is 6. The SMILES string of the molecule is O=C(CSc1nc(-c2ccccc2)c(-c2ccccc2)[nH]1)Nc1c(Cl)cccc1Cl. The second-order valence-corrected chi connectivity index (χ2v) is 8.21. The average molecular weight is 454 g/mol. The first-order valence-corrected chi connectivity index (χ1v) is 10.9. The summed E-state index contributed by atoms with van der Waals surface area (Å²) in [6, 6.07) is 25.1. The van der Waals surface area contributed by atoms with Gasteiger partial charge in [0.15, 0.2) is 5.16 Å². The highest BCUT2D eigenvalue weighted by molar-refractivity contribution is 7.99. The predicted octanol–water partition coefficient (Wildman–Crippen LogP) is 6.78. The lowest BCUT2D eigenvalue weighted by atomic mass is 10.1. The zero-order valence-corrected chi connectivity index (χ0v) is 18.1. The first kappa shape index (κ1) is 20.5. The van der Waals surface area contributed by atoms with E-state index in [0.717, 1.165) is 22.5 Å². The van der Waals surface area contributed by atoms with Crippen molar-refractivity contribution in [3.05, 3.63) is 88.9 Å². The van der Waals surface area contributed by atoms with Crippen LogP contribution in [-0.2, 0) is 4.79 Å². The molecule has 0 saturated carbocycles. The highest BCUT2D eigenvalue weighted by Crippen LogP contribution is 2.33. The molecule has 150 valence electrons. The summed E-state index contributed by atoms with van der Waals surface area (Å²) in [7, 11) is 0. The average Bonchev–Trinajstić information content (AvgIpc) is 3.21. The second kappa shape index (κ2) is 9.39. The van der Waals surface area contributed by atoms with Crippen LogP contribution in [0.2, 0.25) is 10.0 Å². The molecule has 4 nitrogen and oxygen atoms in total. The monoisotopic (exact) mass is 453 g/mol. The van der Waals surface area contributed by atoms with Crippen LogP contribution in [0.4, 0.5) is 5.69 Å². The molecule has 0 radical (unpaired) electrons. The fraction of sp³-hybridized carbons (Fsp3) is 0.0435. The predicted molar refractivity (Wildman–Crippen MR) is 125 cm³/mol. The van der Waals surface area contributed by atoms with Gasteiger partial charge in [-0.05, 0) is 12.1 Å². The van der Waals surface area contributed by atoms with Crippen molar-refractivity contribution in [2.75, 3.05) is 11.1 Å². The summed E-state index contributed by atoms with van der Waals surface area (Å²) in [5.74, 6) is -0.0497. The van der Waals surface area contributed by atoms with Gasteiger partial charge >= 0.3 is 0 Å². The molecule has 1 aromatic heterocycles. The van der Waals surface area contributed by atoms with Crippen LogP contribution in [0, 0.1) is 0 Å². The lowest BCUT2D eigenvalue weighted by molar-refractivity contribution is -0.113. The number of H-pyrrole nitrogens is 1. The van der Waals surface area contributed by atoms with E-state index in [0.29, 0.717) is 20.9 Å². The minimum atomic E-state index is -0.214. The molecule has 2 N–H and O–H groups in total. The number of nitrogens with one attached hydrogen (secondary N) is 2. The van der Waals surface area contributed by atoms with Crippen LogP contribution in [-0.4, -0.2) is 21.6 Å². The fourth-order valence-corrected chi connectivity index (χ4v) is 4.13. The van der Waals surface area contributed by atoms with Crippen LogP contribution in [0.25, 0.3) is 22.5 Å². The maximum absolute atomic E-state index is 12.4. The molecular weight excluding hydrogens is 437 g/mol. The minimum Gasteiger partial charge on any atom is -0.332 e. The van der Waals surface area contributed by atoms with E-state index in [1.54, 1.807) is 18.2 Å². The minimum absolute atomic E-state index is 0.164. The van der Waals surface area contributed by atoms with Crippen LogP contribution in [0.15, 0.2) is 84.0 Å². The van der Waals surface area contributed by atoms with Crippen molar-refractivity contribution < 1.29 is 4.79 Å². The molecule has 4 aromatic rings. The van der Waals surface area contributed by atoms with Crippen molar-refractivity contribution in [1.82, 2.24) is 9.97 Å². The van der Waals surface area contributed by atoms with Gasteiger partial charge in [0.2, 0.25) is 5.91 Å². The Morgan fingerprint density at radius 1 is 0.867 bits per heavy atom. The van der Waals surface area contributed by atoms with Crippen molar-refractivity contribution in [3.63, 3.8) is 0 Å². The molecule has 3 aromatic carbocycles. The Hall–Kier alpha value is -2.73. The van der Waals surface area contributed by atoms with Gasteiger partial charge in [-0.15, -0.1) is 0 Å². The van der Waals surface area contributed by atoms with Crippen LogP contribution < -0.4 is 5.32 Å². The highest BCUT2D eigenvalue weighted by atomic mass is 35.5. The molecule has 7 heteroatoms. The van der Waals surface area contributed by atoms with Gasteiger partial charge in [-0.3, -0.25) is 4.79 Å². The number of carbonyl (C=O) groups excluding carboxylic acids is 1. The summed E-state index contributed by atoms with van der Waals surface area (Å²) in [6.45, 7) is 0. The Morgan fingerprint density at radius 3 is 2.10 bits per heavy atom. The summed E-state index contributed by atoms with van der Waals surface area (Å²) in [5, 5.41) is 4.23. The Morgan fingerprint density at radius 2 is 1.47 bits per heavy atom. The highest BCUT2D eigenvalue weighted by Gasteiger charge is 2.16. The number of imidazole rings is 1. The lowest BCUT2D eigenvalue weighted by Crippen LogP contribution is -2.14. The van der Waals surface area contributed by atoms with Gasteiger partial charge in [0.1, 0.15) is 0 Å². The molecule has 0 aliphatic carbocycles. The molecule has 0 saturated heterocycles. The number of carbonyl (C=O) groups is 1. The topological polar surface area (TPSA) is 57.8 Å². The van der Waals surface area contributed by atoms with Gasteiger partial charge in [0.25, 0.3) is 0 Å². The van der Waals surface area contributed by atoms with Crippen LogP contribution in [0.1, 0.15) is 0 Å². The van der Waals surface area contributed by atoms with Gasteiger partial charge in [-0.25, -0.2) is 4.98 Å². The van der Waals surface area contributed by atoms with E-state index in [4.69, 9.17) is 28.2 Å². The third kappa shape index (κ3) is 4.70. The zero-order valence-electron chi connectivity index (χ0n) is 15.7. The van der Waals surface area contributed by atoms with Gasteiger partial charge in [0, 0.05) is 11.1 Å². The molecule has 0 unspecified atom stereocenters. The largest absolute Gasteiger partial charge is 0.332 e. The summed E-state index contributed by atoms with van der Waals surface area (Å²) < 4.78 is 0. The van der Waals surface area contributed by atoms with E-state index in [1.165, 1.54) is 11.8 Å². The molecule has 0 aliphatic rings. The van der Waals surface area contributed by atoms with E-state index in [1.807, 2.05) is 60.7 Å². The Labute approximate surface area is 188 Å². The molecule has 0 bridgehead atoms. The molecule has 1 amide bonds. The number of aromatic nitrogens is 2. The van der Waals surface area contributed by atoms with E-state index in [9.17, 15) is 4.79 Å². The maximum atomic E-state index is 12.4. The zero-order chi connectivity index (χ0) is 20.9. The molecule has 0 spiro atoms. The quantitative estimate of drug-likeness (QED) is 0.316. The first-order valence-electron chi connectivity index (χ1n) is 9.19.